The number of esters is 1. The molecular formula is C23H22N4O4. The zero-order valence-corrected chi connectivity index (χ0v) is 17.1. The number of hydrogen-bond donors (Lipinski definition) is 3. The molecule has 3 aromatic rings. The number of nitrogens with zero attached hydrogens (tertiary/aromatic N) is 1. The summed E-state index contributed by atoms with van der Waals surface area (Å²) in [7, 11) is 0. The van der Waals surface area contributed by atoms with Crippen LogP contribution in [0.2, 0.25) is 0 Å². The number of carbonyl (C=O) groups excluding carboxylic acids is 3. The monoisotopic (exact) mass is 418 g/mol. The van der Waals surface area contributed by atoms with Crippen LogP contribution in [0.25, 0.3) is 0 Å². The average molecular weight is 418 g/mol. The number of aryl methyl sites for hydroxylation is 1. The van der Waals surface area contributed by atoms with Crippen LogP contribution < -0.4 is 16.0 Å². The molecule has 31 heavy (non-hydrogen) atoms. The van der Waals surface area contributed by atoms with Gasteiger partial charge in [0, 0.05) is 17.1 Å². The smallest absolute Gasteiger partial charge is 0.339 e. The summed E-state index contributed by atoms with van der Waals surface area (Å²) >= 11 is 0. The van der Waals surface area contributed by atoms with Gasteiger partial charge in [0.1, 0.15) is 5.69 Å². The number of amides is 3. The molecule has 0 saturated carbocycles. The molecule has 1 heterocycles. The van der Waals surface area contributed by atoms with Crippen molar-refractivity contribution in [3.63, 3.8) is 0 Å². The van der Waals surface area contributed by atoms with Crippen LogP contribution in [0.3, 0.4) is 0 Å². The van der Waals surface area contributed by atoms with Gasteiger partial charge in [-0.1, -0.05) is 18.2 Å². The summed E-state index contributed by atoms with van der Waals surface area (Å²) in [5, 5.41) is 8.18. The number of aromatic nitrogens is 1. The number of hydrogen-bond acceptors (Lipinski definition) is 5. The number of para-hydroxylation sites is 1. The van der Waals surface area contributed by atoms with Crippen LogP contribution in [-0.2, 0) is 4.74 Å². The van der Waals surface area contributed by atoms with Gasteiger partial charge in [-0.15, -0.1) is 0 Å². The Hall–Kier alpha value is -4.20. The van der Waals surface area contributed by atoms with Gasteiger partial charge in [-0.05, 0) is 62.4 Å². The van der Waals surface area contributed by atoms with Crippen LogP contribution in [-0.4, -0.2) is 29.5 Å². The highest BCUT2D eigenvalue weighted by atomic mass is 16.5. The second-order valence-corrected chi connectivity index (χ2v) is 6.53. The minimum Gasteiger partial charge on any atom is -0.462 e. The van der Waals surface area contributed by atoms with Crippen LogP contribution >= 0.6 is 0 Å². The fourth-order valence-corrected chi connectivity index (χ4v) is 2.76. The molecule has 0 spiro atoms. The molecule has 0 bridgehead atoms. The standard InChI is InChI=1S/C23H22N4O4/c1-3-31-22(29)19-13-14-20(24-15(19)2)21(28)25-17-9-11-18(12-10-17)27-23(30)26-16-7-5-4-6-8-16/h4-14H,3H2,1-2H3,(H,25,28)(H2,26,27,30). The van der Waals surface area contributed by atoms with Gasteiger partial charge in [-0.3, -0.25) is 4.79 Å². The molecule has 3 rings (SSSR count). The van der Waals surface area contributed by atoms with Crippen molar-refractivity contribution in [3.8, 4) is 0 Å². The number of carbonyl (C=O) groups is 3. The van der Waals surface area contributed by atoms with Gasteiger partial charge in [-0.25, -0.2) is 14.6 Å². The van der Waals surface area contributed by atoms with Gasteiger partial charge in [0.2, 0.25) is 0 Å². The molecule has 1 aromatic heterocycles. The maximum atomic E-state index is 12.5. The molecule has 0 aliphatic rings. The topological polar surface area (TPSA) is 109 Å². The number of nitrogens with one attached hydrogen (secondary N) is 3. The Morgan fingerprint density at radius 2 is 1.39 bits per heavy atom. The van der Waals surface area contributed by atoms with E-state index in [1.165, 1.54) is 12.1 Å². The van der Waals surface area contributed by atoms with E-state index in [1.807, 2.05) is 18.2 Å². The first-order valence-electron chi connectivity index (χ1n) is 9.65. The summed E-state index contributed by atoms with van der Waals surface area (Å²) in [5.74, 6) is -0.889. The Morgan fingerprint density at radius 3 is 1.97 bits per heavy atom. The van der Waals surface area contributed by atoms with Crippen molar-refractivity contribution >= 4 is 35.0 Å². The number of urea groups is 1. The molecular weight excluding hydrogens is 396 g/mol. The fraction of sp³-hybridized carbons (Fsp3) is 0.130. The Kier molecular flexibility index (Phi) is 6.95. The van der Waals surface area contributed by atoms with E-state index in [9.17, 15) is 14.4 Å². The molecule has 0 aliphatic carbocycles. The van der Waals surface area contributed by atoms with Crippen molar-refractivity contribution in [1.82, 2.24) is 4.98 Å². The quantitative estimate of drug-likeness (QED) is 0.512. The van der Waals surface area contributed by atoms with E-state index in [-0.39, 0.29) is 18.3 Å². The molecule has 0 unspecified atom stereocenters. The lowest BCUT2D eigenvalue weighted by atomic mass is 10.2. The van der Waals surface area contributed by atoms with E-state index < -0.39 is 11.9 Å². The van der Waals surface area contributed by atoms with E-state index in [2.05, 4.69) is 20.9 Å². The lowest BCUT2D eigenvalue weighted by molar-refractivity contribution is 0.0524. The van der Waals surface area contributed by atoms with Crippen LogP contribution in [0.1, 0.15) is 33.5 Å². The fourth-order valence-electron chi connectivity index (χ4n) is 2.76. The summed E-state index contributed by atoms with van der Waals surface area (Å²) in [6.45, 7) is 3.63. The van der Waals surface area contributed by atoms with Crippen molar-refractivity contribution in [3.05, 3.63) is 83.7 Å². The minimum absolute atomic E-state index is 0.176. The molecule has 8 heteroatoms. The van der Waals surface area contributed by atoms with E-state index in [1.54, 1.807) is 50.2 Å². The zero-order valence-electron chi connectivity index (χ0n) is 17.1. The normalized spacial score (nSPS) is 10.1. The summed E-state index contributed by atoms with van der Waals surface area (Å²) in [6, 6.07) is 18.4. The van der Waals surface area contributed by atoms with E-state index in [0.717, 1.165) is 0 Å². The Balaban J connectivity index is 1.59. The number of pyridine rings is 1. The predicted molar refractivity (Wildman–Crippen MR) is 118 cm³/mol. The predicted octanol–water partition coefficient (Wildman–Crippen LogP) is 4.46. The molecule has 8 nitrogen and oxygen atoms in total. The van der Waals surface area contributed by atoms with Crippen molar-refractivity contribution in [2.45, 2.75) is 13.8 Å². The van der Waals surface area contributed by atoms with E-state index in [4.69, 9.17) is 4.74 Å². The van der Waals surface area contributed by atoms with Crippen molar-refractivity contribution in [2.24, 2.45) is 0 Å². The van der Waals surface area contributed by atoms with E-state index >= 15 is 0 Å². The number of anilines is 3. The molecule has 3 amide bonds. The second-order valence-electron chi connectivity index (χ2n) is 6.53. The lowest BCUT2D eigenvalue weighted by Gasteiger charge is -2.10. The van der Waals surface area contributed by atoms with Crippen LogP contribution in [0, 0.1) is 6.92 Å². The molecule has 0 radical (unpaired) electrons. The van der Waals surface area contributed by atoms with Crippen molar-refractivity contribution in [2.75, 3.05) is 22.6 Å². The van der Waals surface area contributed by atoms with Gasteiger partial charge in [0.25, 0.3) is 5.91 Å². The molecule has 0 saturated heterocycles. The average Bonchev–Trinajstić information content (AvgIpc) is 2.75. The summed E-state index contributed by atoms with van der Waals surface area (Å²) in [6.07, 6.45) is 0. The highest BCUT2D eigenvalue weighted by Crippen LogP contribution is 2.16. The maximum absolute atomic E-state index is 12.5. The lowest BCUT2D eigenvalue weighted by Crippen LogP contribution is -2.19. The molecule has 0 atom stereocenters. The molecule has 0 aliphatic heterocycles. The zero-order chi connectivity index (χ0) is 22.2. The van der Waals surface area contributed by atoms with Crippen LogP contribution in [0.5, 0.6) is 0 Å². The van der Waals surface area contributed by atoms with Gasteiger partial charge >= 0.3 is 12.0 Å². The van der Waals surface area contributed by atoms with Gasteiger partial charge in [0.05, 0.1) is 17.9 Å². The van der Waals surface area contributed by atoms with E-state index in [0.29, 0.717) is 28.3 Å². The highest BCUT2D eigenvalue weighted by Gasteiger charge is 2.15. The summed E-state index contributed by atoms with van der Waals surface area (Å²) < 4.78 is 4.96. The highest BCUT2D eigenvalue weighted by molar-refractivity contribution is 6.04. The molecule has 158 valence electrons. The van der Waals surface area contributed by atoms with Gasteiger partial charge in [0.15, 0.2) is 0 Å². The summed E-state index contributed by atoms with van der Waals surface area (Å²) in [5.41, 5.74) is 2.69. The molecule has 3 N–H and O–H groups in total. The third kappa shape index (κ3) is 5.89. The first-order valence-corrected chi connectivity index (χ1v) is 9.65. The Labute approximate surface area is 179 Å². The van der Waals surface area contributed by atoms with Gasteiger partial charge < -0.3 is 20.7 Å². The first kappa shape index (κ1) is 21.5. The number of ether oxygens (including phenoxy) is 1. The van der Waals surface area contributed by atoms with Crippen LogP contribution in [0.4, 0.5) is 21.9 Å². The van der Waals surface area contributed by atoms with Crippen molar-refractivity contribution in [1.29, 1.82) is 0 Å². The third-order valence-electron chi connectivity index (χ3n) is 4.25. The third-order valence-corrected chi connectivity index (χ3v) is 4.25. The first-order chi connectivity index (χ1) is 15.0. The van der Waals surface area contributed by atoms with Crippen molar-refractivity contribution < 1.29 is 19.1 Å². The molecule has 0 fully saturated rings. The van der Waals surface area contributed by atoms with Crippen LogP contribution in [0.15, 0.2) is 66.7 Å². The van der Waals surface area contributed by atoms with Gasteiger partial charge in [-0.2, -0.15) is 0 Å². The maximum Gasteiger partial charge on any atom is 0.339 e. The summed E-state index contributed by atoms with van der Waals surface area (Å²) in [4.78, 5) is 40.6. The Morgan fingerprint density at radius 1 is 0.806 bits per heavy atom. The Bertz CT molecular complexity index is 1080. The molecule has 2 aromatic carbocycles. The SMILES string of the molecule is CCOC(=O)c1ccc(C(=O)Nc2ccc(NC(=O)Nc3ccccc3)cc2)nc1C. The second kappa shape index (κ2) is 10.0. The number of benzene rings is 2. The largest absolute Gasteiger partial charge is 0.462 e. The number of rotatable bonds is 6. The minimum atomic E-state index is -0.473.